The van der Waals surface area contributed by atoms with E-state index in [1.54, 1.807) is 0 Å². The van der Waals surface area contributed by atoms with Gasteiger partial charge >= 0.3 is 0 Å². The molecule has 0 amide bonds. The standard InChI is InChI=1S/C11H22N2OS/c1-9(2)13-11(15)12-7-8-14-10-5-3-4-6-10/h9-10H,3-8H2,1-2H3,(H2,12,13,15). The Kier molecular flexibility index (Phi) is 5.95. The molecule has 0 atom stereocenters. The van der Waals surface area contributed by atoms with Crippen LogP contribution in [0.4, 0.5) is 0 Å². The van der Waals surface area contributed by atoms with Gasteiger partial charge in [-0.05, 0) is 38.9 Å². The Morgan fingerprint density at radius 3 is 2.67 bits per heavy atom. The molecule has 1 saturated carbocycles. The van der Waals surface area contributed by atoms with Gasteiger partial charge in [-0.15, -0.1) is 0 Å². The minimum absolute atomic E-state index is 0.390. The number of nitrogens with one attached hydrogen (secondary N) is 2. The van der Waals surface area contributed by atoms with E-state index in [1.807, 2.05) is 0 Å². The molecule has 15 heavy (non-hydrogen) atoms. The topological polar surface area (TPSA) is 33.3 Å². The van der Waals surface area contributed by atoms with Crippen molar-refractivity contribution < 1.29 is 4.74 Å². The van der Waals surface area contributed by atoms with E-state index >= 15 is 0 Å². The highest BCUT2D eigenvalue weighted by molar-refractivity contribution is 7.80. The molecule has 3 nitrogen and oxygen atoms in total. The second-order valence-corrected chi connectivity index (χ2v) is 4.74. The maximum absolute atomic E-state index is 5.71. The van der Waals surface area contributed by atoms with E-state index in [1.165, 1.54) is 25.7 Å². The third kappa shape index (κ3) is 5.95. The molecule has 0 spiro atoms. The second-order valence-electron chi connectivity index (χ2n) is 4.33. The zero-order chi connectivity index (χ0) is 11.1. The lowest BCUT2D eigenvalue weighted by Crippen LogP contribution is -2.40. The molecule has 4 heteroatoms. The van der Waals surface area contributed by atoms with Gasteiger partial charge in [0.05, 0.1) is 12.7 Å². The first kappa shape index (κ1) is 12.7. The van der Waals surface area contributed by atoms with Crippen LogP contribution in [0.15, 0.2) is 0 Å². The van der Waals surface area contributed by atoms with Crippen LogP contribution in [0.2, 0.25) is 0 Å². The molecule has 0 aromatic rings. The summed E-state index contributed by atoms with van der Waals surface area (Å²) in [5.41, 5.74) is 0. The lowest BCUT2D eigenvalue weighted by molar-refractivity contribution is 0.0623. The van der Waals surface area contributed by atoms with Crippen molar-refractivity contribution in [3.63, 3.8) is 0 Å². The Bertz CT molecular complexity index is 191. The fraction of sp³-hybridized carbons (Fsp3) is 0.909. The number of hydrogen-bond donors (Lipinski definition) is 2. The van der Waals surface area contributed by atoms with Crippen molar-refractivity contribution in [1.29, 1.82) is 0 Å². The van der Waals surface area contributed by atoms with Crippen molar-refractivity contribution >= 4 is 17.3 Å². The first-order chi connectivity index (χ1) is 7.18. The highest BCUT2D eigenvalue weighted by Gasteiger charge is 2.14. The smallest absolute Gasteiger partial charge is 0.166 e. The van der Waals surface area contributed by atoms with Crippen LogP contribution < -0.4 is 10.6 Å². The van der Waals surface area contributed by atoms with E-state index in [0.29, 0.717) is 12.1 Å². The summed E-state index contributed by atoms with van der Waals surface area (Å²) in [6, 6.07) is 0.390. The first-order valence-corrected chi connectivity index (χ1v) is 6.25. The monoisotopic (exact) mass is 230 g/mol. The summed E-state index contributed by atoms with van der Waals surface area (Å²) in [5, 5.41) is 6.99. The minimum Gasteiger partial charge on any atom is -0.376 e. The summed E-state index contributed by atoms with van der Waals surface area (Å²) in [4.78, 5) is 0. The van der Waals surface area contributed by atoms with Crippen LogP contribution in [0.5, 0.6) is 0 Å². The van der Waals surface area contributed by atoms with E-state index in [-0.39, 0.29) is 0 Å². The average Bonchev–Trinajstić information content (AvgIpc) is 2.63. The summed E-state index contributed by atoms with van der Waals surface area (Å²) in [7, 11) is 0. The average molecular weight is 230 g/mol. The van der Waals surface area contributed by atoms with Crippen molar-refractivity contribution in [3.05, 3.63) is 0 Å². The molecule has 2 N–H and O–H groups in total. The van der Waals surface area contributed by atoms with E-state index in [2.05, 4.69) is 24.5 Å². The molecule has 0 radical (unpaired) electrons. The molecular weight excluding hydrogens is 208 g/mol. The van der Waals surface area contributed by atoms with Gasteiger partial charge < -0.3 is 15.4 Å². The van der Waals surface area contributed by atoms with E-state index in [0.717, 1.165) is 18.3 Å². The Morgan fingerprint density at radius 1 is 1.40 bits per heavy atom. The van der Waals surface area contributed by atoms with Gasteiger partial charge in [0.15, 0.2) is 5.11 Å². The summed E-state index contributed by atoms with van der Waals surface area (Å²) >= 11 is 5.10. The lowest BCUT2D eigenvalue weighted by atomic mass is 10.3. The predicted octanol–water partition coefficient (Wildman–Crippen LogP) is 1.82. The molecular formula is C11H22N2OS. The maximum Gasteiger partial charge on any atom is 0.166 e. The highest BCUT2D eigenvalue weighted by Crippen LogP contribution is 2.20. The third-order valence-electron chi connectivity index (χ3n) is 2.46. The van der Waals surface area contributed by atoms with Crippen LogP contribution in [0.1, 0.15) is 39.5 Å². The quantitative estimate of drug-likeness (QED) is 0.557. The van der Waals surface area contributed by atoms with Gasteiger partial charge in [-0.25, -0.2) is 0 Å². The largest absolute Gasteiger partial charge is 0.376 e. The molecule has 1 rings (SSSR count). The molecule has 1 aliphatic carbocycles. The van der Waals surface area contributed by atoms with Crippen LogP contribution in [0, 0.1) is 0 Å². The summed E-state index contributed by atoms with van der Waals surface area (Å²) < 4.78 is 5.71. The SMILES string of the molecule is CC(C)NC(=S)NCCOC1CCCC1. The molecule has 88 valence electrons. The van der Waals surface area contributed by atoms with Gasteiger partial charge in [-0.1, -0.05) is 12.8 Å². The molecule has 1 aliphatic rings. The highest BCUT2D eigenvalue weighted by atomic mass is 32.1. The number of ether oxygens (including phenoxy) is 1. The Labute approximate surface area is 98.0 Å². The van der Waals surface area contributed by atoms with E-state index < -0.39 is 0 Å². The molecule has 0 aliphatic heterocycles. The lowest BCUT2D eigenvalue weighted by Gasteiger charge is -2.14. The van der Waals surface area contributed by atoms with Crippen LogP contribution in [-0.4, -0.2) is 30.4 Å². The van der Waals surface area contributed by atoms with Crippen molar-refractivity contribution in [2.45, 2.75) is 51.7 Å². The first-order valence-electron chi connectivity index (χ1n) is 5.84. The molecule has 0 saturated heterocycles. The van der Waals surface area contributed by atoms with Crippen molar-refractivity contribution in [1.82, 2.24) is 10.6 Å². The summed E-state index contributed by atoms with van der Waals surface area (Å²) in [6.45, 7) is 5.70. The van der Waals surface area contributed by atoms with Crippen molar-refractivity contribution in [3.8, 4) is 0 Å². The van der Waals surface area contributed by atoms with Crippen molar-refractivity contribution in [2.75, 3.05) is 13.2 Å². The molecule has 0 bridgehead atoms. The molecule has 0 heterocycles. The number of thiocarbonyl (C=S) groups is 1. The predicted molar refractivity (Wildman–Crippen MR) is 67.1 cm³/mol. The summed E-state index contributed by atoms with van der Waals surface area (Å²) in [5.74, 6) is 0. The van der Waals surface area contributed by atoms with Crippen LogP contribution in [-0.2, 0) is 4.74 Å². The molecule has 0 aromatic heterocycles. The van der Waals surface area contributed by atoms with E-state index in [9.17, 15) is 0 Å². The Morgan fingerprint density at radius 2 is 2.07 bits per heavy atom. The number of rotatable bonds is 5. The van der Waals surface area contributed by atoms with Crippen LogP contribution in [0.25, 0.3) is 0 Å². The Hall–Kier alpha value is -0.350. The molecule has 0 aromatic carbocycles. The fourth-order valence-electron chi connectivity index (χ4n) is 1.76. The van der Waals surface area contributed by atoms with Gasteiger partial charge in [0.2, 0.25) is 0 Å². The molecule has 0 unspecified atom stereocenters. The second kappa shape index (κ2) is 7.01. The minimum atomic E-state index is 0.390. The third-order valence-corrected chi connectivity index (χ3v) is 2.73. The van der Waals surface area contributed by atoms with E-state index in [4.69, 9.17) is 17.0 Å². The number of hydrogen-bond acceptors (Lipinski definition) is 2. The van der Waals surface area contributed by atoms with Crippen molar-refractivity contribution in [2.24, 2.45) is 0 Å². The van der Waals surface area contributed by atoms with Crippen LogP contribution >= 0.6 is 12.2 Å². The normalized spacial score (nSPS) is 17.0. The fourth-order valence-corrected chi connectivity index (χ4v) is 2.10. The zero-order valence-electron chi connectivity index (χ0n) is 9.71. The van der Waals surface area contributed by atoms with Gasteiger partial charge in [-0.2, -0.15) is 0 Å². The summed E-state index contributed by atoms with van der Waals surface area (Å²) in [6.07, 6.45) is 5.61. The van der Waals surface area contributed by atoms with Crippen LogP contribution in [0.3, 0.4) is 0 Å². The van der Waals surface area contributed by atoms with Gasteiger partial charge in [-0.3, -0.25) is 0 Å². The van der Waals surface area contributed by atoms with Gasteiger partial charge in [0.25, 0.3) is 0 Å². The zero-order valence-corrected chi connectivity index (χ0v) is 10.5. The molecule has 1 fully saturated rings. The van der Waals surface area contributed by atoms with Gasteiger partial charge in [0, 0.05) is 12.6 Å². The Balaban J connectivity index is 1.94. The maximum atomic E-state index is 5.71. The van der Waals surface area contributed by atoms with Gasteiger partial charge in [0.1, 0.15) is 0 Å².